The third-order valence-electron chi connectivity index (χ3n) is 5.26. The van der Waals surface area contributed by atoms with Gasteiger partial charge < -0.3 is 19.5 Å². The van der Waals surface area contributed by atoms with Crippen LogP contribution < -0.4 is 14.8 Å². The second-order valence-corrected chi connectivity index (χ2v) is 10.2. The van der Waals surface area contributed by atoms with Crippen molar-refractivity contribution in [2.75, 3.05) is 19.2 Å². The Kier molecular flexibility index (Phi) is 6.21. The van der Waals surface area contributed by atoms with Gasteiger partial charge in [-0.2, -0.15) is 0 Å². The first-order valence-corrected chi connectivity index (χ1v) is 12.5. The van der Waals surface area contributed by atoms with Gasteiger partial charge in [0.15, 0.2) is 16.6 Å². The molecule has 0 atom stereocenters. The SMILES string of the molecule is COC(=O)c1cc(-c2cccs2)cnc1Nc1nc(-c2ccc3c(c2)OCO3)c(CC(C)C)s1. The molecule has 34 heavy (non-hydrogen) atoms. The van der Waals surface area contributed by atoms with E-state index >= 15 is 0 Å². The summed E-state index contributed by atoms with van der Waals surface area (Å²) in [5.41, 5.74) is 3.06. The Hall–Kier alpha value is -3.43. The van der Waals surface area contributed by atoms with Crippen molar-refractivity contribution in [3.8, 4) is 33.2 Å². The number of aromatic nitrogens is 2. The smallest absolute Gasteiger partial charge is 0.341 e. The predicted molar refractivity (Wildman–Crippen MR) is 134 cm³/mol. The van der Waals surface area contributed by atoms with Crippen molar-refractivity contribution in [1.82, 2.24) is 9.97 Å². The predicted octanol–water partition coefficient (Wildman–Crippen LogP) is 6.39. The highest BCUT2D eigenvalue weighted by Crippen LogP contribution is 2.40. The molecule has 1 N–H and O–H groups in total. The maximum Gasteiger partial charge on any atom is 0.341 e. The summed E-state index contributed by atoms with van der Waals surface area (Å²) in [6, 6.07) is 11.6. The summed E-state index contributed by atoms with van der Waals surface area (Å²) in [5, 5.41) is 5.91. The lowest BCUT2D eigenvalue weighted by atomic mass is 10.0. The molecular formula is C25H23N3O4S2. The number of thiazole rings is 1. The third-order valence-corrected chi connectivity index (χ3v) is 7.17. The number of rotatable bonds is 7. The van der Waals surface area contributed by atoms with E-state index in [1.165, 1.54) is 7.11 Å². The van der Waals surface area contributed by atoms with Gasteiger partial charge in [0.1, 0.15) is 11.4 Å². The molecule has 1 aliphatic rings. The molecule has 0 unspecified atom stereocenters. The summed E-state index contributed by atoms with van der Waals surface area (Å²) in [7, 11) is 1.37. The van der Waals surface area contributed by atoms with Gasteiger partial charge in [-0.3, -0.25) is 0 Å². The summed E-state index contributed by atoms with van der Waals surface area (Å²) in [4.78, 5) is 24.1. The normalized spacial score (nSPS) is 12.2. The van der Waals surface area contributed by atoms with Gasteiger partial charge in [-0.15, -0.1) is 22.7 Å². The highest BCUT2D eigenvalue weighted by atomic mass is 32.1. The Morgan fingerprint density at radius 3 is 2.79 bits per heavy atom. The van der Waals surface area contributed by atoms with Gasteiger partial charge in [-0.05, 0) is 48.1 Å². The summed E-state index contributed by atoms with van der Waals surface area (Å²) in [6.07, 6.45) is 2.62. The Morgan fingerprint density at radius 1 is 1.18 bits per heavy atom. The number of esters is 1. The second kappa shape index (κ2) is 9.44. The van der Waals surface area contributed by atoms with Crippen LogP contribution in [0, 0.1) is 5.92 Å². The number of nitrogens with one attached hydrogen (secondary N) is 1. The lowest BCUT2D eigenvalue weighted by molar-refractivity contribution is 0.0601. The quantitative estimate of drug-likeness (QED) is 0.299. The zero-order chi connectivity index (χ0) is 23.7. The Bertz CT molecular complexity index is 1330. The highest BCUT2D eigenvalue weighted by Gasteiger charge is 2.21. The van der Waals surface area contributed by atoms with Crippen LogP contribution in [0.25, 0.3) is 21.7 Å². The Balaban J connectivity index is 1.51. The van der Waals surface area contributed by atoms with Gasteiger partial charge >= 0.3 is 5.97 Å². The van der Waals surface area contributed by atoms with E-state index in [0.29, 0.717) is 28.2 Å². The first-order chi connectivity index (χ1) is 16.5. The fourth-order valence-corrected chi connectivity index (χ4v) is 5.60. The molecule has 0 bridgehead atoms. The van der Waals surface area contributed by atoms with E-state index in [2.05, 4.69) is 24.1 Å². The molecule has 0 saturated heterocycles. The maximum absolute atomic E-state index is 12.6. The van der Waals surface area contributed by atoms with Crippen molar-refractivity contribution < 1.29 is 19.0 Å². The van der Waals surface area contributed by atoms with E-state index in [1.54, 1.807) is 34.9 Å². The minimum atomic E-state index is -0.455. The molecule has 9 heteroatoms. The summed E-state index contributed by atoms with van der Waals surface area (Å²) in [6.45, 7) is 4.58. The van der Waals surface area contributed by atoms with Gasteiger partial charge in [0.2, 0.25) is 6.79 Å². The average molecular weight is 494 g/mol. The number of carbonyl (C=O) groups excluding carboxylic acids is 1. The van der Waals surface area contributed by atoms with E-state index in [-0.39, 0.29) is 6.79 Å². The zero-order valence-electron chi connectivity index (χ0n) is 19.0. The molecule has 0 aliphatic carbocycles. The van der Waals surface area contributed by atoms with Crippen molar-refractivity contribution in [3.05, 3.63) is 58.4 Å². The minimum Gasteiger partial charge on any atom is -0.465 e. The van der Waals surface area contributed by atoms with Crippen molar-refractivity contribution in [2.24, 2.45) is 5.92 Å². The number of pyridine rings is 1. The number of benzene rings is 1. The molecule has 5 rings (SSSR count). The number of methoxy groups -OCH3 is 1. The molecule has 0 amide bonds. The number of fused-ring (bicyclic) bond motifs is 1. The van der Waals surface area contributed by atoms with Gasteiger partial charge in [-0.25, -0.2) is 14.8 Å². The van der Waals surface area contributed by atoms with Crippen molar-refractivity contribution >= 4 is 39.6 Å². The van der Waals surface area contributed by atoms with Crippen LogP contribution in [0.15, 0.2) is 48.0 Å². The molecular weight excluding hydrogens is 470 g/mol. The van der Waals surface area contributed by atoms with Gasteiger partial charge in [-0.1, -0.05) is 19.9 Å². The number of carbonyl (C=O) groups is 1. The fraction of sp³-hybridized carbons (Fsp3) is 0.240. The van der Waals surface area contributed by atoms with Gasteiger partial charge in [0.05, 0.1) is 12.8 Å². The zero-order valence-corrected chi connectivity index (χ0v) is 20.6. The average Bonchev–Trinajstić information content (AvgIpc) is 3.59. The van der Waals surface area contributed by atoms with Gasteiger partial charge in [0, 0.05) is 27.1 Å². The van der Waals surface area contributed by atoms with Crippen LogP contribution in [0.3, 0.4) is 0 Å². The van der Waals surface area contributed by atoms with E-state index in [0.717, 1.165) is 38.7 Å². The first-order valence-electron chi connectivity index (χ1n) is 10.8. The second-order valence-electron chi connectivity index (χ2n) is 8.17. The molecule has 1 aliphatic heterocycles. The molecule has 4 aromatic rings. The number of thiophene rings is 1. The number of hydrogen-bond donors (Lipinski definition) is 1. The highest BCUT2D eigenvalue weighted by molar-refractivity contribution is 7.16. The molecule has 0 radical (unpaired) electrons. The molecule has 3 aromatic heterocycles. The van der Waals surface area contributed by atoms with E-state index in [1.807, 2.05) is 35.7 Å². The Labute approximate surface area is 205 Å². The third kappa shape index (κ3) is 4.49. The number of hydrogen-bond acceptors (Lipinski definition) is 9. The molecule has 174 valence electrons. The van der Waals surface area contributed by atoms with E-state index in [4.69, 9.17) is 19.2 Å². The first kappa shape index (κ1) is 22.4. The van der Waals surface area contributed by atoms with Crippen LogP contribution in [0.4, 0.5) is 10.9 Å². The minimum absolute atomic E-state index is 0.227. The summed E-state index contributed by atoms with van der Waals surface area (Å²) < 4.78 is 16.0. The lowest BCUT2D eigenvalue weighted by Gasteiger charge is -2.09. The van der Waals surface area contributed by atoms with Crippen LogP contribution in [0.5, 0.6) is 11.5 Å². The molecule has 7 nitrogen and oxygen atoms in total. The van der Waals surface area contributed by atoms with Crippen molar-refractivity contribution in [1.29, 1.82) is 0 Å². The van der Waals surface area contributed by atoms with Crippen LogP contribution in [0.1, 0.15) is 29.1 Å². The maximum atomic E-state index is 12.6. The largest absolute Gasteiger partial charge is 0.465 e. The van der Waals surface area contributed by atoms with Crippen molar-refractivity contribution in [2.45, 2.75) is 20.3 Å². The topological polar surface area (TPSA) is 82.6 Å². The van der Waals surface area contributed by atoms with Crippen molar-refractivity contribution in [3.63, 3.8) is 0 Å². The van der Waals surface area contributed by atoms with E-state index in [9.17, 15) is 4.79 Å². The van der Waals surface area contributed by atoms with Crippen LogP contribution in [0.2, 0.25) is 0 Å². The summed E-state index contributed by atoms with van der Waals surface area (Å²) in [5.74, 6) is 1.86. The molecule has 1 aromatic carbocycles. The number of nitrogens with zero attached hydrogens (tertiary/aromatic N) is 2. The van der Waals surface area contributed by atoms with Crippen LogP contribution in [-0.4, -0.2) is 29.8 Å². The lowest BCUT2D eigenvalue weighted by Crippen LogP contribution is -2.07. The number of ether oxygens (including phenoxy) is 3. The molecule has 0 saturated carbocycles. The molecule has 4 heterocycles. The Morgan fingerprint density at radius 2 is 2.03 bits per heavy atom. The van der Waals surface area contributed by atoms with Gasteiger partial charge in [0.25, 0.3) is 0 Å². The monoisotopic (exact) mass is 493 g/mol. The fourth-order valence-electron chi connectivity index (χ4n) is 3.69. The van der Waals surface area contributed by atoms with E-state index < -0.39 is 5.97 Å². The van der Waals surface area contributed by atoms with Crippen LogP contribution >= 0.6 is 22.7 Å². The molecule has 0 spiro atoms. The van der Waals surface area contributed by atoms with Crippen LogP contribution in [-0.2, 0) is 11.2 Å². The summed E-state index contributed by atoms with van der Waals surface area (Å²) >= 11 is 3.15. The standard InChI is InChI=1S/C25H23N3O4S2/c1-14(2)9-21-22(15-6-7-18-19(11-15)32-13-31-18)27-25(34-21)28-23-17(24(29)30-3)10-16(12-26-23)20-5-4-8-33-20/h4-8,10-12,14H,9,13H2,1-3H3,(H,26,27,28). The number of anilines is 2. The molecule has 0 fully saturated rings.